The second-order valence-electron chi connectivity index (χ2n) is 5.37. The summed E-state index contributed by atoms with van der Waals surface area (Å²) in [7, 11) is 0. The number of rotatable bonds is 6. The smallest absolute Gasteiger partial charge is 0.330 e. The standard InChI is InChI=1S/C15H23N3O2/c1-2-3-4-5-9-17-10-6-15(7-11-17,14(19)20)18-12-8-16-13-18/h4-5,8,12-13H,2-3,6-7,9-11H2,1H3,(H,19,20). The Labute approximate surface area is 119 Å². The topological polar surface area (TPSA) is 58.4 Å². The van der Waals surface area contributed by atoms with Gasteiger partial charge in [0.25, 0.3) is 0 Å². The van der Waals surface area contributed by atoms with Gasteiger partial charge in [0.05, 0.1) is 6.33 Å². The summed E-state index contributed by atoms with van der Waals surface area (Å²) in [6.07, 6.45) is 12.9. The molecule has 5 heteroatoms. The van der Waals surface area contributed by atoms with E-state index in [4.69, 9.17) is 0 Å². The Hall–Kier alpha value is -1.62. The van der Waals surface area contributed by atoms with Crippen LogP contribution in [0.3, 0.4) is 0 Å². The summed E-state index contributed by atoms with van der Waals surface area (Å²) >= 11 is 0. The molecule has 0 radical (unpaired) electrons. The van der Waals surface area contributed by atoms with E-state index in [-0.39, 0.29) is 0 Å². The molecule has 0 aromatic carbocycles. The van der Waals surface area contributed by atoms with E-state index in [9.17, 15) is 9.90 Å². The first-order valence-corrected chi connectivity index (χ1v) is 7.28. The molecule has 1 fully saturated rings. The van der Waals surface area contributed by atoms with Crippen LogP contribution in [0.15, 0.2) is 30.9 Å². The van der Waals surface area contributed by atoms with Crippen molar-refractivity contribution in [2.75, 3.05) is 19.6 Å². The van der Waals surface area contributed by atoms with Crippen LogP contribution in [0.1, 0.15) is 32.6 Å². The third-order valence-electron chi connectivity index (χ3n) is 4.07. The lowest BCUT2D eigenvalue weighted by molar-refractivity contribution is -0.150. The van der Waals surface area contributed by atoms with E-state index in [0.717, 1.165) is 26.1 Å². The minimum Gasteiger partial charge on any atom is -0.479 e. The molecule has 0 atom stereocenters. The number of aliphatic carboxylic acids is 1. The molecule has 5 nitrogen and oxygen atoms in total. The van der Waals surface area contributed by atoms with Crippen LogP contribution in [-0.2, 0) is 10.3 Å². The first kappa shape index (κ1) is 14.8. The summed E-state index contributed by atoms with van der Waals surface area (Å²) in [4.78, 5) is 18.0. The van der Waals surface area contributed by atoms with Crippen LogP contribution in [0, 0.1) is 0 Å². The van der Waals surface area contributed by atoms with E-state index >= 15 is 0 Å². The summed E-state index contributed by atoms with van der Waals surface area (Å²) in [6.45, 7) is 4.69. The fraction of sp³-hybridized carbons (Fsp3) is 0.600. The molecule has 1 aromatic rings. The van der Waals surface area contributed by atoms with Crippen molar-refractivity contribution in [3.8, 4) is 0 Å². The maximum atomic E-state index is 11.7. The normalized spacial score (nSPS) is 19.4. The van der Waals surface area contributed by atoms with Gasteiger partial charge in [-0.25, -0.2) is 9.78 Å². The van der Waals surface area contributed by atoms with Crippen molar-refractivity contribution in [1.29, 1.82) is 0 Å². The summed E-state index contributed by atoms with van der Waals surface area (Å²) in [5.41, 5.74) is -0.819. The molecular formula is C15H23N3O2. The number of unbranched alkanes of at least 4 members (excludes halogenated alkanes) is 1. The molecule has 2 rings (SSSR count). The molecule has 1 aliphatic heterocycles. The van der Waals surface area contributed by atoms with Crippen LogP contribution in [0.4, 0.5) is 0 Å². The van der Waals surface area contributed by atoms with E-state index in [0.29, 0.717) is 12.8 Å². The number of imidazole rings is 1. The number of nitrogens with zero attached hydrogens (tertiary/aromatic N) is 3. The Balaban J connectivity index is 1.96. The number of likely N-dealkylation sites (tertiary alicyclic amines) is 1. The summed E-state index contributed by atoms with van der Waals surface area (Å²) in [5.74, 6) is -0.753. The maximum Gasteiger partial charge on any atom is 0.330 e. The third kappa shape index (κ3) is 3.10. The molecule has 1 aromatic heterocycles. The highest BCUT2D eigenvalue weighted by molar-refractivity contribution is 5.77. The zero-order valence-corrected chi connectivity index (χ0v) is 12.0. The van der Waals surface area contributed by atoms with Gasteiger partial charge < -0.3 is 9.67 Å². The van der Waals surface area contributed by atoms with Crippen LogP contribution >= 0.6 is 0 Å². The van der Waals surface area contributed by atoms with Gasteiger partial charge in [-0.2, -0.15) is 0 Å². The number of piperidine rings is 1. The Kier molecular flexibility index (Phi) is 4.95. The molecule has 20 heavy (non-hydrogen) atoms. The molecule has 0 bridgehead atoms. The molecular weight excluding hydrogens is 254 g/mol. The molecule has 1 N–H and O–H groups in total. The van der Waals surface area contributed by atoms with Gasteiger partial charge in [-0.3, -0.25) is 4.90 Å². The average molecular weight is 277 g/mol. The number of allylic oxidation sites excluding steroid dienone is 1. The van der Waals surface area contributed by atoms with Gasteiger partial charge in [0.2, 0.25) is 0 Å². The Morgan fingerprint density at radius 1 is 1.40 bits per heavy atom. The highest BCUT2D eigenvalue weighted by Crippen LogP contribution is 2.30. The fourth-order valence-electron chi connectivity index (χ4n) is 2.71. The van der Waals surface area contributed by atoms with Gasteiger partial charge in [0.15, 0.2) is 0 Å². The van der Waals surface area contributed by atoms with Crippen LogP contribution in [-0.4, -0.2) is 45.2 Å². The number of hydrogen-bond donors (Lipinski definition) is 1. The number of carboxylic acids is 1. The second-order valence-corrected chi connectivity index (χ2v) is 5.37. The SMILES string of the molecule is CCCC=CCN1CCC(C(=O)O)(n2ccnc2)CC1. The minimum absolute atomic E-state index is 0.625. The lowest BCUT2D eigenvalue weighted by Crippen LogP contribution is -2.50. The number of hydrogen-bond acceptors (Lipinski definition) is 3. The molecule has 0 amide bonds. The van der Waals surface area contributed by atoms with Crippen molar-refractivity contribution >= 4 is 5.97 Å². The number of aromatic nitrogens is 2. The van der Waals surface area contributed by atoms with Gasteiger partial charge in [-0.15, -0.1) is 0 Å². The molecule has 0 spiro atoms. The molecule has 2 heterocycles. The highest BCUT2D eigenvalue weighted by Gasteiger charge is 2.42. The van der Waals surface area contributed by atoms with E-state index in [2.05, 4.69) is 29.0 Å². The molecule has 110 valence electrons. The van der Waals surface area contributed by atoms with Crippen LogP contribution in [0.2, 0.25) is 0 Å². The summed E-state index contributed by atoms with van der Waals surface area (Å²) in [5, 5.41) is 9.61. The third-order valence-corrected chi connectivity index (χ3v) is 4.07. The number of carboxylic acid groups (broad SMARTS) is 1. The summed E-state index contributed by atoms with van der Waals surface area (Å²) in [6, 6.07) is 0. The highest BCUT2D eigenvalue weighted by atomic mass is 16.4. The Morgan fingerprint density at radius 3 is 2.70 bits per heavy atom. The van der Waals surface area contributed by atoms with E-state index < -0.39 is 11.5 Å². The Morgan fingerprint density at radius 2 is 2.15 bits per heavy atom. The van der Waals surface area contributed by atoms with Gasteiger partial charge in [0.1, 0.15) is 5.54 Å². The van der Waals surface area contributed by atoms with Crippen molar-refractivity contribution < 1.29 is 9.90 Å². The second kappa shape index (κ2) is 6.70. The van der Waals surface area contributed by atoms with Crippen LogP contribution in [0.5, 0.6) is 0 Å². The van der Waals surface area contributed by atoms with Crippen molar-refractivity contribution in [3.63, 3.8) is 0 Å². The van der Waals surface area contributed by atoms with E-state index in [1.54, 1.807) is 23.3 Å². The quantitative estimate of drug-likeness (QED) is 0.809. The average Bonchev–Trinajstić information content (AvgIpc) is 2.99. The largest absolute Gasteiger partial charge is 0.479 e. The minimum atomic E-state index is -0.819. The number of carbonyl (C=O) groups is 1. The lowest BCUT2D eigenvalue weighted by Gasteiger charge is -2.39. The van der Waals surface area contributed by atoms with E-state index in [1.165, 1.54) is 6.42 Å². The molecule has 0 aliphatic carbocycles. The monoisotopic (exact) mass is 277 g/mol. The maximum absolute atomic E-state index is 11.7. The van der Waals surface area contributed by atoms with Crippen molar-refractivity contribution in [3.05, 3.63) is 30.9 Å². The predicted molar refractivity (Wildman–Crippen MR) is 77.6 cm³/mol. The zero-order valence-electron chi connectivity index (χ0n) is 12.0. The van der Waals surface area contributed by atoms with Gasteiger partial charge in [-0.05, 0) is 19.3 Å². The van der Waals surface area contributed by atoms with Gasteiger partial charge in [-0.1, -0.05) is 25.5 Å². The van der Waals surface area contributed by atoms with Crippen LogP contribution in [0.25, 0.3) is 0 Å². The lowest BCUT2D eigenvalue weighted by atomic mass is 9.87. The molecule has 1 saturated heterocycles. The van der Waals surface area contributed by atoms with Gasteiger partial charge >= 0.3 is 5.97 Å². The van der Waals surface area contributed by atoms with Crippen molar-refractivity contribution in [2.24, 2.45) is 0 Å². The van der Waals surface area contributed by atoms with Gasteiger partial charge in [0, 0.05) is 32.0 Å². The van der Waals surface area contributed by atoms with Crippen molar-refractivity contribution in [1.82, 2.24) is 14.5 Å². The summed E-state index contributed by atoms with van der Waals surface area (Å²) < 4.78 is 1.75. The molecule has 1 aliphatic rings. The molecule has 0 unspecified atom stereocenters. The zero-order chi connectivity index (χ0) is 14.4. The van der Waals surface area contributed by atoms with Crippen molar-refractivity contribution in [2.45, 2.75) is 38.1 Å². The molecule has 0 saturated carbocycles. The predicted octanol–water partition coefficient (Wildman–Crippen LogP) is 2.12. The Bertz CT molecular complexity index is 446. The first-order valence-electron chi connectivity index (χ1n) is 7.28. The van der Waals surface area contributed by atoms with E-state index in [1.807, 2.05) is 0 Å². The van der Waals surface area contributed by atoms with Crippen LogP contribution < -0.4 is 0 Å². The fourth-order valence-corrected chi connectivity index (χ4v) is 2.71. The first-order chi connectivity index (χ1) is 9.69.